The van der Waals surface area contributed by atoms with E-state index in [0.29, 0.717) is 13.1 Å². The third-order valence-corrected chi connectivity index (χ3v) is 3.09. The molecule has 1 aromatic carbocycles. The lowest BCUT2D eigenvalue weighted by molar-refractivity contribution is -0.131. The predicted molar refractivity (Wildman–Crippen MR) is 64.1 cm³/mol. The van der Waals surface area contributed by atoms with Gasteiger partial charge in [0.25, 0.3) is 0 Å². The van der Waals surface area contributed by atoms with E-state index >= 15 is 0 Å². The van der Waals surface area contributed by atoms with Crippen LogP contribution in [0.2, 0.25) is 0 Å². The fraction of sp³-hybridized carbons (Fsp3) is 0.462. The zero-order valence-electron chi connectivity index (χ0n) is 10.2. The van der Waals surface area contributed by atoms with Crippen molar-refractivity contribution in [2.75, 3.05) is 19.6 Å². The molecule has 1 aliphatic rings. The quantitative estimate of drug-likeness (QED) is 0.863. The highest BCUT2D eigenvalue weighted by atomic mass is 19.2. The lowest BCUT2D eigenvalue weighted by atomic mass is 10.1. The summed E-state index contributed by atoms with van der Waals surface area (Å²) >= 11 is 0. The normalized spacial score (nSPS) is 19.9. The lowest BCUT2D eigenvalue weighted by Gasteiger charge is -2.32. The molecule has 2 rings (SSSR count). The Kier molecular flexibility index (Phi) is 3.91. The molecule has 1 amide bonds. The van der Waals surface area contributed by atoms with Gasteiger partial charge < -0.3 is 10.2 Å². The highest BCUT2D eigenvalue weighted by Gasteiger charge is 2.21. The van der Waals surface area contributed by atoms with Crippen LogP contribution in [0.15, 0.2) is 18.2 Å². The van der Waals surface area contributed by atoms with E-state index in [-0.39, 0.29) is 23.9 Å². The van der Waals surface area contributed by atoms with Crippen LogP contribution in [0.3, 0.4) is 0 Å². The summed E-state index contributed by atoms with van der Waals surface area (Å²) in [4.78, 5) is 13.7. The van der Waals surface area contributed by atoms with Crippen LogP contribution in [0.1, 0.15) is 12.5 Å². The van der Waals surface area contributed by atoms with Gasteiger partial charge in [-0.3, -0.25) is 4.79 Å². The number of nitrogens with zero attached hydrogens (tertiary/aromatic N) is 1. The molecule has 0 bridgehead atoms. The number of carbonyl (C=O) groups excluding carboxylic acids is 1. The van der Waals surface area contributed by atoms with E-state index in [1.165, 1.54) is 12.1 Å². The van der Waals surface area contributed by atoms with Crippen LogP contribution in [-0.2, 0) is 11.2 Å². The van der Waals surface area contributed by atoms with Gasteiger partial charge >= 0.3 is 0 Å². The Labute approximate surface area is 105 Å². The van der Waals surface area contributed by atoms with Crippen molar-refractivity contribution < 1.29 is 13.6 Å². The van der Waals surface area contributed by atoms with Gasteiger partial charge in [0.2, 0.25) is 5.91 Å². The van der Waals surface area contributed by atoms with Gasteiger partial charge in [0.05, 0.1) is 6.42 Å². The van der Waals surface area contributed by atoms with E-state index in [1.54, 1.807) is 4.90 Å². The van der Waals surface area contributed by atoms with Crippen LogP contribution in [0, 0.1) is 11.6 Å². The van der Waals surface area contributed by atoms with Crippen molar-refractivity contribution in [3.05, 3.63) is 35.4 Å². The van der Waals surface area contributed by atoms with Gasteiger partial charge in [-0.25, -0.2) is 8.78 Å². The first-order valence-corrected chi connectivity index (χ1v) is 6.02. The average molecular weight is 254 g/mol. The minimum Gasteiger partial charge on any atom is -0.340 e. The second-order valence-electron chi connectivity index (χ2n) is 4.58. The van der Waals surface area contributed by atoms with E-state index in [0.717, 1.165) is 12.6 Å². The molecular formula is C13H16F2N2O. The van der Waals surface area contributed by atoms with Gasteiger partial charge in [0, 0.05) is 31.2 Å². The number of hydrogen-bond acceptors (Lipinski definition) is 2. The predicted octanol–water partition coefficient (Wildman–Crippen LogP) is 1.33. The van der Waals surface area contributed by atoms with Crippen molar-refractivity contribution in [3.8, 4) is 0 Å². The molecule has 18 heavy (non-hydrogen) atoms. The minimum absolute atomic E-state index is 0.0870. The second kappa shape index (κ2) is 5.44. The molecule has 1 aromatic rings. The van der Waals surface area contributed by atoms with Gasteiger partial charge in [-0.2, -0.15) is 0 Å². The fourth-order valence-corrected chi connectivity index (χ4v) is 2.12. The lowest BCUT2D eigenvalue weighted by Crippen LogP contribution is -2.51. The van der Waals surface area contributed by atoms with Gasteiger partial charge in [-0.1, -0.05) is 12.1 Å². The number of carbonyl (C=O) groups is 1. The molecule has 0 saturated carbocycles. The summed E-state index contributed by atoms with van der Waals surface area (Å²) in [5.41, 5.74) is 0.117. The fourth-order valence-electron chi connectivity index (χ4n) is 2.12. The third kappa shape index (κ3) is 2.85. The molecule has 0 aliphatic carbocycles. The molecule has 1 saturated heterocycles. The van der Waals surface area contributed by atoms with Crippen LogP contribution in [-0.4, -0.2) is 36.5 Å². The second-order valence-corrected chi connectivity index (χ2v) is 4.58. The number of benzene rings is 1. The van der Waals surface area contributed by atoms with Crippen LogP contribution in [0.4, 0.5) is 8.78 Å². The molecule has 1 aliphatic heterocycles. The van der Waals surface area contributed by atoms with Crippen molar-refractivity contribution >= 4 is 5.91 Å². The van der Waals surface area contributed by atoms with Gasteiger partial charge in [-0.15, -0.1) is 0 Å². The number of amides is 1. The number of nitrogens with one attached hydrogen (secondary N) is 1. The van der Waals surface area contributed by atoms with Crippen molar-refractivity contribution in [2.45, 2.75) is 19.4 Å². The number of rotatable bonds is 2. The largest absolute Gasteiger partial charge is 0.340 e. The Balaban J connectivity index is 2.04. The smallest absolute Gasteiger partial charge is 0.227 e. The summed E-state index contributed by atoms with van der Waals surface area (Å²) in [5, 5.41) is 3.22. The molecule has 0 spiro atoms. The zero-order chi connectivity index (χ0) is 13.1. The summed E-state index contributed by atoms with van der Waals surface area (Å²) < 4.78 is 26.5. The summed E-state index contributed by atoms with van der Waals surface area (Å²) in [7, 11) is 0. The Morgan fingerprint density at radius 2 is 2.28 bits per heavy atom. The van der Waals surface area contributed by atoms with Crippen molar-refractivity contribution in [1.82, 2.24) is 10.2 Å². The molecule has 1 N–H and O–H groups in total. The molecule has 98 valence electrons. The maximum Gasteiger partial charge on any atom is 0.227 e. The standard InChI is InChI=1S/C13H16F2N2O/c1-9-8-17(6-5-16-9)12(18)7-10-3-2-4-11(14)13(10)15/h2-4,9,16H,5-8H2,1H3/t9-/m1/s1. The molecular weight excluding hydrogens is 238 g/mol. The van der Waals surface area contributed by atoms with E-state index in [9.17, 15) is 13.6 Å². The van der Waals surface area contributed by atoms with E-state index < -0.39 is 11.6 Å². The number of halogens is 2. The van der Waals surface area contributed by atoms with Crippen LogP contribution in [0.25, 0.3) is 0 Å². The first kappa shape index (κ1) is 13.0. The van der Waals surface area contributed by atoms with E-state index in [4.69, 9.17) is 0 Å². The van der Waals surface area contributed by atoms with Gasteiger partial charge in [0.1, 0.15) is 0 Å². The molecule has 3 nitrogen and oxygen atoms in total. The highest BCUT2D eigenvalue weighted by Crippen LogP contribution is 2.13. The van der Waals surface area contributed by atoms with E-state index in [2.05, 4.69) is 5.32 Å². The Morgan fingerprint density at radius 1 is 1.50 bits per heavy atom. The van der Waals surface area contributed by atoms with Crippen molar-refractivity contribution in [2.24, 2.45) is 0 Å². The Hall–Kier alpha value is -1.49. The van der Waals surface area contributed by atoms with Crippen LogP contribution < -0.4 is 5.32 Å². The molecule has 0 radical (unpaired) electrons. The summed E-state index contributed by atoms with van der Waals surface area (Å²) in [6.07, 6.45) is -0.0870. The topological polar surface area (TPSA) is 32.3 Å². The van der Waals surface area contributed by atoms with Crippen LogP contribution >= 0.6 is 0 Å². The molecule has 5 heteroatoms. The summed E-state index contributed by atoms with van der Waals surface area (Å²) in [6, 6.07) is 4.15. The SMILES string of the molecule is C[C@@H]1CN(C(=O)Cc2cccc(F)c2F)CCN1. The van der Waals surface area contributed by atoms with E-state index in [1.807, 2.05) is 6.92 Å². The Bertz CT molecular complexity index is 451. The molecule has 1 heterocycles. The molecule has 0 aromatic heterocycles. The van der Waals surface area contributed by atoms with Crippen molar-refractivity contribution in [3.63, 3.8) is 0 Å². The van der Waals surface area contributed by atoms with Crippen LogP contribution in [0.5, 0.6) is 0 Å². The molecule has 1 fully saturated rings. The summed E-state index contributed by atoms with van der Waals surface area (Å²) in [5.74, 6) is -1.99. The Morgan fingerprint density at radius 3 is 3.00 bits per heavy atom. The number of hydrogen-bond donors (Lipinski definition) is 1. The highest BCUT2D eigenvalue weighted by molar-refractivity contribution is 5.79. The molecule has 1 atom stereocenters. The first-order chi connectivity index (χ1) is 8.58. The first-order valence-electron chi connectivity index (χ1n) is 6.02. The maximum atomic E-state index is 13.4. The minimum atomic E-state index is -0.922. The monoisotopic (exact) mass is 254 g/mol. The number of piperazine rings is 1. The van der Waals surface area contributed by atoms with Crippen molar-refractivity contribution in [1.29, 1.82) is 0 Å². The van der Waals surface area contributed by atoms with Gasteiger partial charge in [-0.05, 0) is 13.0 Å². The molecule has 0 unspecified atom stereocenters. The zero-order valence-corrected chi connectivity index (χ0v) is 10.2. The van der Waals surface area contributed by atoms with Gasteiger partial charge in [0.15, 0.2) is 11.6 Å². The third-order valence-electron chi connectivity index (χ3n) is 3.09. The summed E-state index contributed by atoms with van der Waals surface area (Å²) in [6.45, 7) is 3.94. The average Bonchev–Trinajstić information content (AvgIpc) is 2.35. The maximum absolute atomic E-state index is 13.4.